The monoisotopic (exact) mass is 149 g/mol. The highest BCUT2D eigenvalue weighted by atomic mass is 15.3. The topological polar surface area (TPSA) is 79.6 Å². The van der Waals surface area contributed by atoms with E-state index in [0.717, 1.165) is 16.7 Å². The van der Waals surface area contributed by atoms with Crippen molar-refractivity contribution in [3.05, 3.63) is 18.2 Å². The fourth-order valence-electron chi connectivity index (χ4n) is 0.984. The van der Waals surface area contributed by atoms with Gasteiger partial charge in [-0.1, -0.05) is 6.07 Å². The van der Waals surface area contributed by atoms with Gasteiger partial charge in [-0.15, -0.1) is 0 Å². The van der Waals surface area contributed by atoms with E-state index in [1.54, 1.807) is 0 Å². The first kappa shape index (κ1) is 6.11. The number of rotatable bonds is 1. The molecule has 0 radical (unpaired) electrons. The maximum Gasteiger partial charge on any atom is 0.137 e. The molecule has 2 rings (SSSR count). The standard InChI is InChI=1S/C6H7N5/c7-8-4-2-1-3-5-6(4)10-11-9-5/h1-3,8H,7H2,(H,9,10,11). The second-order valence-electron chi connectivity index (χ2n) is 2.14. The predicted molar refractivity (Wildman–Crippen MR) is 41.7 cm³/mol. The van der Waals surface area contributed by atoms with Crippen molar-refractivity contribution < 1.29 is 0 Å². The highest BCUT2D eigenvalue weighted by molar-refractivity contribution is 5.86. The van der Waals surface area contributed by atoms with Gasteiger partial charge in [-0.05, 0) is 12.1 Å². The molecule has 5 nitrogen and oxygen atoms in total. The van der Waals surface area contributed by atoms with Crippen molar-refractivity contribution in [1.29, 1.82) is 0 Å². The van der Waals surface area contributed by atoms with Gasteiger partial charge >= 0.3 is 0 Å². The van der Waals surface area contributed by atoms with E-state index in [-0.39, 0.29) is 0 Å². The van der Waals surface area contributed by atoms with Crippen molar-refractivity contribution in [2.24, 2.45) is 5.84 Å². The molecule has 0 amide bonds. The number of H-pyrrole nitrogens is 1. The van der Waals surface area contributed by atoms with Gasteiger partial charge in [0.05, 0.1) is 5.69 Å². The first-order valence-electron chi connectivity index (χ1n) is 3.18. The zero-order valence-electron chi connectivity index (χ0n) is 5.70. The summed E-state index contributed by atoms with van der Waals surface area (Å²) in [5.74, 6) is 5.24. The number of hydrazine groups is 1. The van der Waals surface area contributed by atoms with E-state index in [1.165, 1.54) is 0 Å². The second-order valence-corrected chi connectivity index (χ2v) is 2.14. The van der Waals surface area contributed by atoms with Gasteiger partial charge in [-0.3, -0.25) is 5.84 Å². The van der Waals surface area contributed by atoms with Crippen LogP contribution < -0.4 is 11.3 Å². The van der Waals surface area contributed by atoms with Crippen LogP contribution in [0, 0.1) is 0 Å². The molecule has 0 fully saturated rings. The summed E-state index contributed by atoms with van der Waals surface area (Å²) in [6, 6.07) is 5.56. The maximum atomic E-state index is 5.24. The van der Waals surface area contributed by atoms with Crippen LogP contribution in [-0.4, -0.2) is 15.4 Å². The summed E-state index contributed by atoms with van der Waals surface area (Å²) in [5.41, 5.74) is 4.87. The first-order valence-corrected chi connectivity index (χ1v) is 3.18. The van der Waals surface area contributed by atoms with Crippen molar-refractivity contribution in [1.82, 2.24) is 15.4 Å². The summed E-state index contributed by atoms with van der Waals surface area (Å²) in [5, 5.41) is 10.3. The number of hydrogen-bond donors (Lipinski definition) is 3. The SMILES string of the molecule is NNc1cccc2n[nH]nc12. The van der Waals surface area contributed by atoms with Crippen molar-refractivity contribution in [2.75, 3.05) is 5.43 Å². The Kier molecular flexibility index (Phi) is 1.23. The molecule has 0 aliphatic rings. The summed E-state index contributed by atoms with van der Waals surface area (Å²) in [4.78, 5) is 0. The van der Waals surface area contributed by atoms with E-state index in [4.69, 9.17) is 5.84 Å². The van der Waals surface area contributed by atoms with Crippen molar-refractivity contribution in [2.45, 2.75) is 0 Å². The van der Waals surface area contributed by atoms with Crippen LogP contribution in [0.25, 0.3) is 11.0 Å². The van der Waals surface area contributed by atoms with E-state index in [9.17, 15) is 0 Å². The largest absolute Gasteiger partial charge is 0.322 e. The molecule has 4 N–H and O–H groups in total. The van der Waals surface area contributed by atoms with Gasteiger partial charge in [0, 0.05) is 0 Å². The molecule has 0 saturated heterocycles. The zero-order chi connectivity index (χ0) is 7.68. The molecule has 1 aromatic carbocycles. The van der Waals surface area contributed by atoms with Crippen LogP contribution in [0.5, 0.6) is 0 Å². The number of nitrogens with zero attached hydrogens (tertiary/aromatic N) is 2. The Balaban J connectivity index is 2.79. The van der Waals surface area contributed by atoms with Crippen molar-refractivity contribution in [3.8, 4) is 0 Å². The third-order valence-corrected chi connectivity index (χ3v) is 1.50. The van der Waals surface area contributed by atoms with Crippen LogP contribution in [0.2, 0.25) is 0 Å². The van der Waals surface area contributed by atoms with Crippen LogP contribution in [0.15, 0.2) is 18.2 Å². The maximum absolute atomic E-state index is 5.24. The van der Waals surface area contributed by atoms with Gasteiger partial charge < -0.3 is 5.43 Å². The number of nitrogen functional groups attached to an aromatic ring is 1. The minimum Gasteiger partial charge on any atom is -0.322 e. The molecule has 5 heteroatoms. The average Bonchev–Trinajstić information content (AvgIpc) is 2.50. The fourth-order valence-corrected chi connectivity index (χ4v) is 0.984. The summed E-state index contributed by atoms with van der Waals surface area (Å²) < 4.78 is 0. The van der Waals surface area contributed by atoms with E-state index >= 15 is 0 Å². The summed E-state index contributed by atoms with van der Waals surface area (Å²) in [6.45, 7) is 0. The van der Waals surface area contributed by atoms with Gasteiger partial charge in [0.15, 0.2) is 0 Å². The zero-order valence-corrected chi connectivity index (χ0v) is 5.70. The lowest BCUT2D eigenvalue weighted by atomic mass is 10.3. The number of hydrogen-bond acceptors (Lipinski definition) is 4. The third-order valence-electron chi connectivity index (χ3n) is 1.50. The molecular weight excluding hydrogens is 142 g/mol. The predicted octanol–water partition coefficient (Wildman–Crippen LogP) is 0.243. The Labute approximate surface area is 62.6 Å². The third kappa shape index (κ3) is 0.821. The number of nitrogens with two attached hydrogens (primary N) is 1. The summed E-state index contributed by atoms with van der Waals surface area (Å²) in [7, 11) is 0. The first-order chi connectivity index (χ1) is 5.42. The number of nitrogens with one attached hydrogen (secondary N) is 2. The number of fused-ring (bicyclic) bond motifs is 1. The van der Waals surface area contributed by atoms with Gasteiger partial charge in [-0.25, -0.2) is 0 Å². The fraction of sp³-hybridized carbons (Fsp3) is 0. The molecule has 1 heterocycles. The Morgan fingerprint density at radius 3 is 3.09 bits per heavy atom. The molecule has 0 saturated carbocycles. The molecule has 0 aliphatic carbocycles. The van der Waals surface area contributed by atoms with E-state index < -0.39 is 0 Å². The van der Waals surface area contributed by atoms with E-state index in [1.807, 2.05) is 18.2 Å². The lowest BCUT2D eigenvalue weighted by Crippen LogP contribution is -2.06. The van der Waals surface area contributed by atoms with Gasteiger partial charge in [0.2, 0.25) is 0 Å². The molecular formula is C6H7N5. The minimum atomic E-state index is 0.759. The lowest BCUT2D eigenvalue weighted by molar-refractivity contribution is 0.959. The Hall–Kier alpha value is -1.62. The summed E-state index contributed by atoms with van der Waals surface area (Å²) in [6.07, 6.45) is 0. The van der Waals surface area contributed by atoms with E-state index in [0.29, 0.717) is 0 Å². The van der Waals surface area contributed by atoms with Gasteiger partial charge in [0.1, 0.15) is 11.0 Å². The van der Waals surface area contributed by atoms with Crippen molar-refractivity contribution >= 4 is 16.7 Å². The lowest BCUT2D eigenvalue weighted by Gasteiger charge is -1.96. The van der Waals surface area contributed by atoms with Crippen LogP contribution in [0.1, 0.15) is 0 Å². The second kappa shape index (κ2) is 2.21. The van der Waals surface area contributed by atoms with Gasteiger partial charge in [0.25, 0.3) is 0 Å². The van der Waals surface area contributed by atoms with Crippen LogP contribution in [0.3, 0.4) is 0 Å². The molecule has 0 bridgehead atoms. The Bertz CT molecular complexity index is 366. The minimum absolute atomic E-state index is 0.759. The number of benzene rings is 1. The van der Waals surface area contributed by atoms with Crippen LogP contribution in [0.4, 0.5) is 5.69 Å². The number of anilines is 1. The molecule has 0 spiro atoms. The van der Waals surface area contributed by atoms with Crippen molar-refractivity contribution in [3.63, 3.8) is 0 Å². The quantitative estimate of drug-likeness (QED) is 0.401. The van der Waals surface area contributed by atoms with Crippen LogP contribution in [-0.2, 0) is 0 Å². The molecule has 11 heavy (non-hydrogen) atoms. The highest BCUT2D eigenvalue weighted by Crippen LogP contribution is 2.16. The molecule has 2 aromatic rings. The molecule has 0 atom stereocenters. The number of aromatic amines is 1. The highest BCUT2D eigenvalue weighted by Gasteiger charge is 2.00. The normalized spacial score (nSPS) is 10.3. The smallest absolute Gasteiger partial charge is 0.137 e. The van der Waals surface area contributed by atoms with Crippen LogP contribution >= 0.6 is 0 Å². The average molecular weight is 149 g/mol. The molecule has 1 aromatic heterocycles. The molecule has 0 aliphatic heterocycles. The van der Waals surface area contributed by atoms with E-state index in [2.05, 4.69) is 20.8 Å². The van der Waals surface area contributed by atoms with Gasteiger partial charge in [-0.2, -0.15) is 15.4 Å². The Morgan fingerprint density at radius 2 is 2.27 bits per heavy atom. The summed E-state index contributed by atoms with van der Waals surface area (Å²) >= 11 is 0. The number of aromatic nitrogens is 3. The number of para-hydroxylation sites is 1. The molecule has 0 unspecified atom stereocenters. The Morgan fingerprint density at radius 1 is 1.36 bits per heavy atom. The molecule has 56 valence electrons.